The molecule has 8 nitrogen and oxygen atoms in total. The van der Waals surface area contributed by atoms with Crippen LogP contribution in [0.1, 0.15) is 32.3 Å². The van der Waals surface area contributed by atoms with Crippen LogP contribution in [0.25, 0.3) is 38.8 Å². The quantitative estimate of drug-likeness (QED) is 0.360. The third kappa shape index (κ3) is 3.93. The van der Waals surface area contributed by atoms with E-state index in [1.54, 1.807) is 34.6 Å². The largest absolute Gasteiger partial charge is 0.333 e. The van der Waals surface area contributed by atoms with Gasteiger partial charge in [0.1, 0.15) is 5.82 Å². The summed E-state index contributed by atoms with van der Waals surface area (Å²) >= 11 is 0. The van der Waals surface area contributed by atoms with Gasteiger partial charge in [0, 0.05) is 30.1 Å². The molecule has 3 heterocycles. The Balaban J connectivity index is 1.46. The second kappa shape index (κ2) is 8.67. The van der Waals surface area contributed by atoms with E-state index in [0.717, 1.165) is 51.5 Å². The van der Waals surface area contributed by atoms with Crippen molar-refractivity contribution in [3.63, 3.8) is 0 Å². The van der Waals surface area contributed by atoms with Gasteiger partial charge in [0.2, 0.25) is 5.91 Å². The predicted octanol–water partition coefficient (Wildman–Crippen LogP) is 5.09. The second-order valence-electron chi connectivity index (χ2n) is 10.4. The van der Waals surface area contributed by atoms with Crippen molar-refractivity contribution < 1.29 is 4.79 Å². The number of carbonyl (C=O) groups is 1. The number of pyridine rings is 2. The summed E-state index contributed by atoms with van der Waals surface area (Å²) in [4.78, 5) is 34.5. The summed E-state index contributed by atoms with van der Waals surface area (Å²) < 4.78 is 3.29. The van der Waals surface area contributed by atoms with Gasteiger partial charge in [0.25, 0.3) is 0 Å². The molecular formula is C30H26N6O2. The van der Waals surface area contributed by atoms with Gasteiger partial charge in [-0.1, -0.05) is 18.2 Å². The zero-order chi connectivity index (χ0) is 26.6. The molecule has 0 atom stereocenters. The molecule has 1 aliphatic carbocycles. The van der Waals surface area contributed by atoms with Gasteiger partial charge in [0.05, 0.1) is 39.9 Å². The maximum Gasteiger partial charge on any atom is 0.333 e. The van der Waals surface area contributed by atoms with Crippen LogP contribution >= 0.6 is 0 Å². The van der Waals surface area contributed by atoms with Crippen molar-refractivity contribution in [3.8, 4) is 22.9 Å². The van der Waals surface area contributed by atoms with E-state index in [9.17, 15) is 14.9 Å². The van der Waals surface area contributed by atoms with Crippen molar-refractivity contribution in [1.29, 1.82) is 5.26 Å². The number of hydrogen-bond acceptors (Lipinski definition) is 5. The number of imidazole rings is 1. The van der Waals surface area contributed by atoms with Crippen LogP contribution in [0.3, 0.4) is 0 Å². The molecule has 5 aromatic rings. The molecule has 0 radical (unpaired) electrons. The van der Waals surface area contributed by atoms with Crippen LogP contribution in [-0.2, 0) is 17.3 Å². The highest BCUT2D eigenvalue weighted by Gasteiger charge is 2.29. The van der Waals surface area contributed by atoms with E-state index in [1.165, 1.54) is 0 Å². The first-order chi connectivity index (χ1) is 18.3. The van der Waals surface area contributed by atoms with E-state index in [2.05, 4.69) is 21.4 Å². The van der Waals surface area contributed by atoms with Gasteiger partial charge in [-0.3, -0.25) is 18.9 Å². The van der Waals surface area contributed by atoms with E-state index < -0.39 is 5.41 Å². The molecule has 0 saturated heterocycles. The van der Waals surface area contributed by atoms with Gasteiger partial charge >= 0.3 is 5.69 Å². The number of nitrogens with zero attached hydrogens (tertiary/aromatic N) is 5. The molecule has 8 heteroatoms. The number of aromatic nitrogens is 4. The van der Waals surface area contributed by atoms with E-state index in [0.29, 0.717) is 11.5 Å². The molecule has 0 aliphatic heterocycles. The van der Waals surface area contributed by atoms with E-state index in [-0.39, 0.29) is 17.5 Å². The summed E-state index contributed by atoms with van der Waals surface area (Å²) in [6.07, 6.45) is 5.35. The lowest BCUT2D eigenvalue weighted by molar-refractivity contribution is -0.117. The Morgan fingerprint density at radius 3 is 2.42 bits per heavy atom. The van der Waals surface area contributed by atoms with Crippen molar-refractivity contribution in [3.05, 3.63) is 83.0 Å². The van der Waals surface area contributed by atoms with Crippen molar-refractivity contribution in [2.45, 2.75) is 32.1 Å². The number of hydrogen-bond donors (Lipinski definition) is 1. The molecule has 1 aliphatic rings. The van der Waals surface area contributed by atoms with Crippen molar-refractivity contribution in [2.24, 2.45) is 13.0 Å². The molecule has 1 fully saturated rings. The van der Waals surface area contributed by atoms with Gasteiger partial charge < -0.3 is 5.32 Å². The summed E-state index contributed by atoms with van der Waals surface area (Å²) in [6.45, 7) is 3.74. The molecule has 0 unspecified atom stereocenters. The maximum atomic E-state index is 13.4. The number of anilines is 1. The average molecular weight is 503 g/mol. The number of carbonyl (C=O) groups excluding carboxylic acids is 1. The third-order valence-corrected chi connectivity index (χ3v) is 7.31. The van der Waals surface area contributed by atoms with Crippen LogP contribution in [-0.4, -0.2) is 25.0 Å². The molecular weight excluding hydrogens is 476 g/mol. The molecule has 1 N–H and O–H groups in total. The normalized spacial score (nSPS) is 13.5. The van der Waals surface area contributed by atoms with Crippen molar-refractivity contribution >= 4 is 33.7 Å². The number of rotatable bonds is 5. The van der Waals surface area contributed by atoms with Crippen LogP contribution in [0.15, 0.2) is 71.8 Å². The van der Waals surface area contributed by atoms with E-state index in [4.69, 9.17) is 0 Å². The highest BCUT2D eigenvalue weighted by Crippen LogP contribution is 2.32. The predicted molar refractivity (Wildman–Crippen MR) is 147 cm³/mol. The van der Waals surface area contributed by atoms with Gasteiger partial charge in [-0.15, -0.1) is 0 Å². The van der Waals surface area contributed by atoms with Crippen LogP contribution in [0.5, 0.6) is 0 Å². The fourth-order valence-corrected chi connectivity index (χ4v) is 4.72. The van der Waals surface area contributed by atoms with Gasteiger partial charge in [-0.2, -0.15) is 5.26 Å². The number of aryl methyl sites for hydroxylation is 1. The number of amides is 1. The van der Waals surface area contributed by atoms with Crippen LogP contribution in [0.4, 0.5) is 5.82 Å². The SMILES string of the molecule is Cn1c(=O)n(-c2ccc(C(C)(C)C#N)cc2)c2c3cc(-c4ccc(NC(=O)C5CC5)nc4)ccc3ncc21. The smallest absolute Gasteiger partial charge is 0.310 e. The highest BCUT2D eigenvalue weighted by atomic mass is 16.2. The summed E-state index contributed by atoms with van der Waals surface area (Å²) in [5.74, 6) is 0.676. The van der Waals surface area contributed by atoms with Crippen molar-refractivity contribution in [2.75, 3.05) is 5.32 Å². The van der Waals surface area contributed by atoms with Crippen LogP contribution in [0, 0.1) is 17.2 Å². The number of nitriles is 1. The fraction of sp³-hybridized carbons (Fsp3) is 0.233. The lowest BCUT2D eigenvalue weighted by Gasteiger charge is -2.16. The lowest BCUT2D eigenvalue weighted by atomic mass is 9.86. The molecule has 188 valence electrons. The minimum absolute atomic E-state index is 0.0238. The van der Waals surface area contributed by atoms with Gasteiger partial charge in [-0.05, 0) is 74.2 Å². The van der Waals surface area contributed by atoms with Crippen LogP contribution in [0.2, 0.25) is 0 Å². The van der Waals surface area contributed by atoms with Gasteiger partial charge in [0.15, 0.2) is 0 Å². The number of benzene rings is 2. The zero-order valence-corrected chi connectivity index (χ0v) is 21.4. The third-order valence-electron chi connectivity index (χ3n) is 7.31. The number of fused-ring (bicyclic) bond motifs is 3. The lowest BCUT2D eigenvalue weighted by Crippen LogP contribution is -2.21. The molecule has 2 aromatic carbocycles. The Morgan fingerprint density at radius 1 is 1.03 bits per heavy atom. The van der Waals surface area contributed by atoms with Crippen LogP contribution < -0.4 is 11.0 Å². The molecule has 0 bridgehead atoms. The Hall–Kier alpha value is -4.77. The monoisotopic (exact) mass is 502 g/mol. The maximum absolute atomic E-state index is 13.4. The average Bonchev–Trinajstić information content (AvgIpc) is 3.76. The zero-order valence-electron chi connectivity index (χ0n) is 21.4. The van der Waals surface area contributed by atoms with E-state index in [1.807, 2.05) is 62.4 Å². The summed E-state index contributed by atoms with van der Waals surface area (Å²) in [6, 6.07) is 19.5. The fourth-order valence-electron chi connectivity index (χ4n) is 4.72. The summed E-state index contributed by atoms with van der Waals surface area (Å²) in [7, 11) is 1.74. The van der Waals surface area contributed by atoms with E-state index >= 15 is 0 Å². The Bertz CT molecular complexity index is 1820. The minimum atomic E-state index is -0.627. The molecule has 3 aromatic heterocycles. The van der Waals surface area contributed by atoms with Gasteiger partial charge in [-0.25, -0.2) is 9.78 Å². The minimum Gasteiger partial charge on any atom is -0.310 e. The molecule has 0 spiro atoms. The first-order valence-electron chi connectivity index (χ1n) is 12.6. The summed E-state index contributed by atoms with van der Waals surface area (Å²) in [5, 5.41) is 13.2. The topological polar surface area (TPSA) is 106 Å². The Morgan fingerprint density at radius 2 is 1.76 bits per heavy atom. The van der Waals surface area contributed by atoms with Crippen molar-refractivity contribution in [1.82, 2.24) is 19.1 Å². The Kier molecular flexibility index (Phi) is 5.39. The molecule has 6 rings (SSSR count). The standard InChI is InChI=1S/C30H26N6O2/c1-30(2,17-31)21-8-10-22(11-9-21)36-27-23-14-19(6-12-24(23)32-16-25(27)35(3)29(36)38)20-7-13-26(33-15-20)34-28(37)18-4-5-18/h6-16,18H,4-5H2,1-3H3,(H,33,34,37). The molecule has 1 amide bonds. The first-order valence-corrected chi connectivity index (χ1v) is 12.6. The summed E-state index contributed by atoms with van der Waals surface area (Å²) in [5.41, 5.74) is 4.86. The highest BCUT2D eigenvalue weighted by molar-refractivity contribution is 6.04. The second-order valence-corrected chi connectivity index (χ2v) is 10.4. The number of nitrogens with one attached hydrogen (secondary N) is 1. The first kappa shape index (κ1) is 23.6. The molecule has 1 saturated carbocycles. The molecule has 38 heavy (non-hydrogen) atoms. The Labute approximate surface area is 219 Å².